The molecule has 0 aromatic rings. The molecule has 0 aromatic heterocycles. The third-order valence-electron chi connectivity index (χ3n) is 2.12. The van der Waals surface area contributed by atoms with E-state index in [1.165, 1.54) is 6.42 Å². The van der Waals surface area contributed by atoms with Crippen LogP contribution in [0.4, 0.5) is 0 Å². The molecule has 0 spiro atoms. The van der Waals surface area contributed by atoms with Crippen LogP contribution in [0, 0.1) is 0 Å². The van der Waals surface area contributed by atoms with Gasteiger partial charge in [0, 0.05) is 12.6 Å². The fourth-order valence-electron chi connectivity index (χ4n) is 1.32. The van der Waals surface area contributed by atoms with Crippen LogP contribution in [0.3, 0.4) is 0 Å². The molecule has 0 radical (unpaired) electrons. The maximum absolute atomic E-state index is 11.5. The molecule has 0 saturated carbocycles. The Morgan fingerprint density at radius 3 is 3.08 bits per heavy atom. The Labute approximate surface area is 83.8 Å². The van der Waals surface area contributed by atoms with Gasteiger partial charge in [0.1, 0.15) is 0 Å². The van der Waals surface area contributed by atoms with Crippen molar-refractivity contribution in [1.29, 1.82) is 0 Å². The van der Waals surface area contributed by atoms with E-state index in [0.717, 1.165) is 18.6 Å². The monoisotopic (exact) mass is 202 g/mol. The molecule has 3 nitrogen and oxygen atoms in total. The summed E-state index contributed by atoms with van der Waals surface area (Å²) in [6, 6.07) is 0.177. The second-order valence-electron chi connectivity index (χ2n) is 3.56. The molecule has 1 saturated heterocycles. The fraction of sp³-hybridized carbons (Fsp3) is 0.889. The summed E-state index contributed by atoms with van der Waals surface area (Å²) in [6.07, 6.45) is 3.08. The quantitative estimate of drug-likeness (QED) is 0.707. The van der Waals surface area contributed by atoms with Crippen molar-refractivity contribution in [1.82, 2.24) is 5.32 Å². The van der Waals surface area contributed by atoms with Gasteiger partial charge in [-0.15, -0.1) is 11.8 Å². The van der Waals surface area contributed by atoms with E-state index in [-0.39, 0.29) is 17.2 Å². The maximum atomic E-state index is 11.5. The molecule has 1 heterocycles. The highest BCUT2D eigenvalue weighted by molar-refractivity contribution is 8.00. The summed E-state index contributed by atoms with van der Waals surface area (Å²) in [6.45, 7) is 2.67. The lowest BCUT2D eigenvalue weighted by molar-refractivity contribution is -0.120. The second kappa shape index (κ2) is 5.50. The molecule has 0 aliphatic carbocycles. The minimum atomic E-state index is 0.177. The molecular formula is C9H18N2OS. The summed E-state index contributed by atoms with van der Waals surface area (Å²) >= 11 is 1.77. The smallest absolute Gasteiger partial charge is 0.233 e. The molecular weight excluding hydrogens is 184 g/mol. The largest absolute Gasteiger partial charge is 0.355 e. The van der Waals surface area contributed by atoms with E-state index in [2.05, 4.69) is 5.32 Å². The average Bonchev–Trinajstić information content (AvgIpc) is 2.55. The van der Waals surface area contributed by atoms with Crippen molar-refractivity contribution in [2.24, 2.45) is 5.73 Å². The molecule has 13 heavy (non-hydrogen) atoms. The van der Waals surface area contributed by atoms with E-state index in [0.29, 0.717) is 6.54 Å². The van der Waals surface area contributed by atoms with Gasteiger partial charge in [-0.2, -0.15) is 0 Å². The molecule has 1 fully saturated rings. The zero-order valence-electron chi connectivity index (χ0n) is 8.08. The molecule has 0 aromatic carbocycles. The van der Waals surface area contributed by atoms with E-state index < -0.39 is 0 Å². The Hall–Kier alpha value is -0.220. The maximum Gasteiger partial charge on any atom is 0.233 e. The fourth-order valence-corrected chi connectivity index (χ4v) is 2.51. The topological polar surface area (TPSA) is 55.1 Å². The van der Waals surface area contributed by atoms with Gasteiger partial charge in [-0.05, 0) is 31.9 Å². The third kappa shape index (κ3) is 4.00. The first kappa shape index (κ1) is 10.9. The minimum absolute atomic E-state index is 0.177. The summed E-state index contributed by atoms with van der Waals surface area (Å²) in [5.74, 6) is 1.33. The summed E-state index contributed by atoms with van der Waals surface area (Å²) < 4.78 is 0. The molecule has 3 N–H and O–H groups in total. The van der Waals surface area contributed by atoms with Crippen LogP contribution in [-0.4, -0.2) is 29.5 Å². The van der Waals surface area contributed by atoms with Crippen LogP contribution in [0.2, 0.25) is 0 Å². The predicted molar refractivity (Wildman–Crippen MR) is 56.8 cm³/mol. The van der Waals surface area contributed by atoms with E-state index in [1.54, 1.807) is 11.8 Å². The number of nitrogens with two attached hydrogens (primary N) is 1. The van der Waals surface area contributed by atoms with Crippen molar-refractivity contribution in [2.45, 2.75) is 37.5 Å². The van der Waals surface area contributed by atoms with Crippen LogP contribution in [0.25, 0.3) is 0 Å². The zero-order chi connectivity index (χ0) is 9.68. The van der Waals surface area contributed by atoms with Gasteiger partial charge >= 0.3 is 0 Å². The number of carbonyl (C=O) groups is 1. The molecule has 2 atom stereocenters. The highest BCUT2D eigenvalue weighted by Crippen LogP contribution is 2.25. The highest BCUT2D eigenvalue weighted by atomic mass is 32.2. The van der Waals surface area contributed by atoms with Crippen molar-refractivity contribution in [3.63, 3.8) is 0 Å². The molecule has 76 valence electrons. The van der Waals surface area contributed by atoms with Gasteiger partial charge in [0.2, 0.25) is 5.91 Å². The van der Waals surface area contributed by atoms with Crippen molar-refractivity contribution in [3.05, 3.63) is 0 Å². The Balaban J connectivity index is 2.10. The van der Waals surface area contributed by atoms with Gasteiger partial charge in [0.25, 0.3) is 0 Å². The van der Waals surface area contributed by atoms with Gasteiger partial charge in [-0.1, -0.05) is 0 Å². The van der Waals surface area contributed by atoms with Crippen LogP contribution in [0.5, 0.6) is 0 Å². The number of amides is 1. The number of hydrogen-bond acceptors (Lipinski definition) is 3. The number of carbonyl (C=O) groups excluding carboxylic acids is 1. The lowest BCUT2D eigenvalue weighted by Gasteiger charge is -2.10. The zero-order valence-corrected chi connectivity index (χ0v) is 8.90. The van der Waals surface area contributed by atoms with Gasteiger partial charge in [0.05, 0.1) is 5.25 Å². The van der Waals surface area contributed by atoms with E-state index in [4.69, 9.17) is 5.73 Å². The van der Waals surface area contributed by atoms with Crippen molar-refractivity contribution < 1.29 is 4.79 Å². The normalized spacial score (nSPS) is 24.3. The van der Waals surface area contributed by atoms with Crippen molar-refractivity contribution in [2.75, 3.05) is 12.3 Å². The number of thioether (sulfide) groups is 1. The molecule has 1 aliphatic heterocycles. The van der Waals surface area contributed by atoms with Crippen LogP contribution >= 0.6 is 11.8 Å². The van der Waals surface area contributed by atoms with Gasteiger partial charge < -0.3 is 11.1 Å². The summed E-state index contributed by atoms with van der Waals surface area (Å²) in [4.78, 5) is 11.5. The minimum Gasteiger partial charge on any atom is -0.355 e. The van der Waals surface area contributed by atoms with Gasteiger partial charge in [-0.25, -0.2) is 0 Å². The number of hydrogen-bond donors (Lipinski definition) is 2. The van der Waals surface area contributed by atoms with Crippen LogP contribution < -0.4 is 11.1 Å². The molecule has 4 heteroatoms. The Bertz CT molecular complexity index is 167. The Morgan fingerprint density at radius 2 is 2.54 bits per heavy atom. The second-order valence-corrected chi connectivity index (χ2v) is 4.87. The van der Waals surface area contributed by atoms with Crippen LogP contribution in [0.1, 0.15) is 26.2 Å². The number of rotatable bonds is 4. The summed E-state index contributed by atoms with van der Waals surface area (Å²) in [5.41, 5.74) is 5.58. The summed E-state index contributed by atoms with van der Waals surface area (Å²) in [5, 5.41) is 3.12. The van der Waals surface area contributed by atoms with E-state index in [1.807, 2.05) is 6.92 Å². The lowest BCUT2D eigenvalue weighted by atomic mass is 10.2. The first-order valence-corrected chi connectivity index (χ1v) is 5.90. The van der Waals surface area contributed by atoms with Crippen molar-refractivity contribution in [3.8, 4) is 0 Å². The Morgan fingerprint density at radius 1 is 1.77 bits per heavy atom. The highest BCUT2D eigenvalue weighted by Gasteiger charge is 2.22. The number of nitrogens with one attached hydrogen (secondary N) is 1. The molecule has 1 aliphatic rings. The molecule has 1 rings (SSSR count). The van der Waals surface area contributed by atoms with Crippen LogP contribution in [0.15, 0.2) is 0 Å². The molecule has 1 amide bonds. The average molecular weight is 202 g/mol. The van der Waals surface area contributed by atoms with Gasteiger partial charge in [0.15, 0.2) is 0 Å². The predicted octanol–water partition coefficient (Wildman–Crippen LogP) is 0.735. The summed E-state index contributed by atoms with van der Waals surface area (Å²) in [7, 11) is 0. The van der Waals surface area contributed by atoms with Crippen LogP contribution in [-0.2, 0) is 4.79 Å². The standard InChI is InChI=1S/C9H18N2OS/c1-7(10)4-5-11-9(12)8-3-2-6-13-8/h7-8H,2-6,10H2,1H3,(H,11,12). The SMILES string of the molecule is CC(N)CCNC(=O)C1CCCS1. The van der Waals surface area contributed by atoms with E-state index >= 15 is 0 Å². The lowest BCUT2D eigenvalue weighted by Crippen LogP contribution is -2.34. The van der Waals surface area contributed by atoms with Crippen molar-refractivity contribution >= 4 is 17.7 Å². The first-order valence-electron chi connectivity index (χ1n) is 4.85. The van der Waals surface area contributed by atoms with Gasteiger partial charge in [-0.3, -0.25) is 4.79 Å². The Kier molecular flexibility index (Phi) is 4.59. The molecule has 2 unspecified atom stereocenters. The van der Waals surface area contributed by atoms with E-state index in [9.17, 15) is 4.79 Å². The molecule has 0 bridgehead atoms. The third-order valence-corrected chi connectivity index (χ3v) is 3.50. The first-order chi connectivity index (χ1) is 6.20.